The molecule has 0 heterocycles. The van der Waals surface area contributed by atoms with Gasteiger partial charge >= 0.3 is 5.97 Å². The lowest BCUT2D eigenvalue weighted by atomic mass is 10.2. The van der Waals surface area contributed by atoms with Crippen molar-refractivity contribution < 1.29 is 19.4 Å². The molecule has 21 heavy (non-hydrogen) atoms. The van der Waals surface area contributed by atoms with E-state index in [1.54, 1.807) is 6.08 Å². The maximum absolute atomic E-state index is 10.6. The number of unbranched alkanes of at least 4 members (excludes halogenated alkanes) is 2. The van der Waals surface area contributed by atoms with Crippen LogP contribution in [-0.2, 0) is 4.79 Å². The molecule has 4 nitrogen and oxygen atoms in total. The highest BCUT2D eigenvalue weighted by Crippen LogP contribution is 2.24. The lowest BCUT2D eigenvalue weighted by Crippen LogP contribution is -2.00. The fourth-order valence-corrected chi connectivity index (χ4v) is 1.69. The fourth-order valence-electron chi connectivity index (χ4n) is 1.69. The summed E-state index contributed by atoms with van der Waals surface area (Å²) >= 11 is 0. The van der Waals surface area contributed by atoms with Gasteiger partial charge in [-0.15, -0.1) is 0 Å². The maximum atomic E-state index is 10.6. The first-order chi connectivity index (χ1) is 10.2. The van der Waals surface area contributed by atoms with Crippen LogP contribution in [0.1, 0.15) is 45.1 Å². The van der Waals surface area contributed by atoms with Crippen LogP contribution in [-0.4, -0.2) is 24.3 Å². The molecule has 0 bridgehead atoms. The molecule has 0 amide bonds. The number of hydrogen-bond acceptors (Lipinski definition) is 3. The predicted molar refractivity (Wildman–Crippen MR) is 83.9 cm³/mol. The second kappa shape index (κ2) is 9.86. The molecular weight excluding hydrogens is 268 g/mol. The topological polar surface area (TPSA) is 55.8 Å². The lowest BCUT2D eigenvalue weighted by Gasteiger charge is -2.11. The van der Waals surface area contributed by atoms with Gasteiger partial charge in [-0.1, -0.05) is 26.7 Å². The molecular formula is C17H24O4. The molecule has 0 aliphatic rings. The molecule has 1 N–H and O–H groups in total. The third-order valence-electron chi connectivity index (χ3n) is 2.85. The van der Waals surface area contributed by atoms with Gasteiger partial charge in [0.1, 0.15) is 11.5 Å². The molecule has 0 aromatic heterocycles. The van der Waals surface area contributed by atoms with Crippen LogP contribution < -0.4 is 9.47 Å². The minimum atomic E-state index is -0.972. The monoisotopic (exact) mass is 292 g/mol. The fraction of sp³-hybridized carbons (Fsp3) is 0.471. The third kappa shape index (κ3) is 7.40. The van der Waals surface area contributed by atoms with E-state index >= 15 is 0 Å². The van der Waals surface area contributed by atoms with Crippen LogP contribution in [0.4, 0.5) is 0 Å². The first kappa shape index (κ1) is 17.1. The molecule has 0 unspecified atom stereocenters. The van der Waals surface area contributed by atoms with Crippen LogP contribution in [0, 0.1) is 0 Å². The summed E-state index contributed by atoms with van der Waals surface area (Å²) in [6.07, 6.45) is 6.77. The number of aliphatic carboxylic acids is 1. The predicted octanol–water partition coefficient (Wildman–Crippen LogP) is 4.14. The lowest BCUT2D eigenvalue weighted by molar-refractivity contribution is -0.131. The van der Waals surface area contributed by atoms with E-state index in [0.717, 1.165) is 37.3 Å². The number of carboxylic acid groups (broad SMARTS) is 1. The van der Waals surface area contributed by atoms with Crippen molar-refractivity contribution in [3.63, 3.8) is 0 Å². The maximum Gasteiger partial charge on any atom is 0.328 e. The summed E-state index contributed by atoms with van der Waals surface area (Å²) in [7, 11) is 0. The van der Waals surface area contributed by atoms with Crippen LogP contribution in [0.3, 0.4) is 0 Å². The zero-order valence-corrected chi connectivity index (χ0v) is 12.8. The van der Waals surface area contributed by atoms with Gasteiger partial charge < -0.3 is 14.6 Å². The summed E-state index contributed by atoms with van der Waals surface area (Å²) in [6, 6.07) is 5.49. The average Bonchev–Trinajstić information content (AvgIpc) is 2.46. The Morgan fingerprint density at radius 3 is 2.00 bits per heavy atom. The van der Waals surface area contributed by atoms with Crippen molar-refractivity contribution in [1.82, 2.24) is 0 Å². The second-order valence-electron chi connectivity index (χ2n) is 4.81. The molecule has 1 aromatic rings. The Morgan fingerprint density at radius 2 is 1.57 bits per heavy atom. The number of benzene rings is 1. The summed E-state index contributed by atoms with van der Waals surface area (Å²) in [6.45, 7) is 5.51. The molecule has 0 atom stereocenters. The number of ether oxygens (including phenoxy) is 2. The van der Waals surface area contributed by atoms with Crippen LogP contribution in [0.5, 0.6) is 11.5 Å². The Hall–Kier alpha value is -1.97. The van der Waals surface area contributed by atoms with Crippen LogP contribution >= 0.6 is 0 Å². The molecule has 116 valence electrons. The molecule has 0 fully saturated rings. The van der Waals surface area contributed by atoms with E-state index in [2.05, 4.69) is 13.8 Å². The first-order valence-corrected chi connectivity index (χ1v) is 7.47. The highest BCUT2D eigenvalue weighted by atomic mass is 16.5. The highest BCUT2D eigenvalue weighted by molar-refractivity contribution is 5.85. The van der Waals surface area contributed by atoms with E-state index in [9.17, 15) is 4.79 Å². The smallest absolute Gasteiger partial charge is 0.328 e. The largest absolute Gasteiger partial charge is 0.493 e. The normalized spacial score (nSPS) is 10.8. The van der Waals surface area contributed by atoms with Crippen LogP contribution in [0.15, 0.2) is 24.3 Å². The van der Waals surface area contributed by atoms with Crippen molar-refractivity contribution in [3.05, 3.63) is 29.8 Å². The molecule has 0 radical (unpaired) electrons. The van der Waals surface area contributed by atoms with Gasteiger partial charge in [0, 0.05) is 12.1 Å². The van der Waals surface area contributed by atoms with Gasteiger partial charge in [-0.05, 0) is 36.6 Å². The number of carboxylic acids is 1. The van der Waals surface area contributed by atoms with Crippen LogP contribution in [0.2, 0.25) is 0 Å². The molecule has 4 heteroatoms. The van der Waals surface area contributed by atoms with Gasteiger partial charge in [-0.2, -0.15) is 0 Å². The quantitative estimate of drug-likeness (QED) is 0.520. The second-order valence-corrected chi connectivity index (χ2v) is 4.81. The van der Waals surface area contributed by atoms with Gasteiger partial charge in [0.2, 0.25) is 0 Å². The number of carbonyl (C=O) groups is 1. The van der Waals surface area contributed by atoms with E-state index in [1.165, 1.54) is 0 Å². The zero-order valence-electron chi connectivity index (χ0n) is 12.8. The molecule has 1 aromatic carbocycles. The molecule has 0 saturated heterocycles. The molecule has 1 rings (SSSR count). The zero-order chi connectivity index (χ0) is 15.5. The summed E-state index contributed by atoms with van der Waals surface area (Å²) in [5.74, 6) is 0.450. The van der Waals surface area contributed by atoms with Crippen LogP contribution in [0.25, 0.3) is 6.08 Å². The highest BCUT2D eigenvalue weighted by Gasteiger charge is 2.02. The Balaban J connectivity index is 2.82. The third-order valence-corrected chi connectivity index (χ3v) is 2.85. The minimum absolute atomic E-state index is 0.650. The van der Waals surface area contributed by atoms with Gasteiger partial charge in [0.05, 0.1) is 13.2 Å². The van der Waals surface area contributed by atoms with Gasteiger partial charge in [-0.25, -0.2) is 4.79 Å². The van der Waals surface area contributed by atoms with Gasteiger partial charge in [0.25, 0.3) is 0 Å². The molecule has 0 aliphatic carbocycles. The van der Waals surface area contributed by atoms with Gasteiger partial charge in [-0.3, -0.25) is 0 Å². The summed E-state index contributed by atoms with van der Waals surface area (Å²) in [5.41, 5.74) is 0.762. The van der Waals surface area contributed by atoms with Crippen molar-refractivity contribution in [2.24, 2.45) is 0 Å². The van der Waals surface area contributed by atoms with Crippen molar-refractivity contribution in [3.8, 4) is 11.5 Å². The Morgan fingerprint density at radius 1 is 1.05 bits per heavy atom. The SMILES string of the molecule is CCCCOc1cc(C=CC(=O)O)cc(OCCCC)c1. The Labute approximate surface area is 126 Å². The van der Waals surface area contributed by atoms with E-state index in [0.29, 0.717) is 24.7 Å². The Bertz CT molecular complexity index is 438. The molecule has 0 saturated carbocycles. The molecule has 0 spiro atoms. The average molecular weight is 292 g/mol. The number of rotatable bonds is 10. The van der Waals surface area contributed by atoms with Crippen molar-refractivity contribution in [2.75, 3.05) is 13.2 Å². The van der Waals surface area contributed by atoms with E-state index < -0.39 is 5.97 Å². The van der Waals surface area contributed by atoms with E-state index in [1.807, 2.05) is 18.2 Å². The first-order valence-electron chi connectivity index (χ1n) is 7.47. The van der Waals surface area contributed by atoms with Crippen molar-refractivity contribution in [2.45, 2.75) is 39.5 Å². The summed E-state index contributed by atoms with van der Waals surface area (Å²) in [5, 5.41) is 8.71. The summed E-state index contributed by atoms with van der Waals surface area (Å²) in [4.78, 5) is 10.6. The van der Waals surface area contributed by atoms with Crippen molar-refractivity contribution in [1.29, 1.82) is 0 Å². The van der Waals surface area contributed by atoms with E-state index in [-0.39, 0.29) is 0 Å². The van der Waals surface area contributed by atoms with E-state index in [4.69, 9.17) is 14.6 Å². The Kier molecular flexibility index (Phi) is 8.02. The minimum Gasteiger partial charge on any atom is -0.493 e. The van der Waals surface area contributed by atoms with Gasteiger partial charge in [0.15, 0.2) is 0 Å². The number of hydrogen-bond donors (Lipinski definition) is 1. The standard InChI is InChI=1S/C17H24O4/c1-3-5-9-20-15-11-14(7-8-17(18)19)12-16(13-15)21-10-6-4-2/h7-8,11-13H,3-6,9-10H2,1-2H3,(H,18,19). The van der Waals surface area contributed by atoms with Crippen molar-refractivity contribution >= 4 is 12.0 Å². The summed E-state index contributed by atoms with van der Waals surface area (Å²) < 4.78 is 11.4. The molecule has 0 aliphatic heterocycles.